The summed E-state index contributed by atoms with van der Waals surface area (Å²) in [6, 6.07) is 0. The van der Waals surface area contributed by atoms with Crippen molar-refractivity contribution in [2.75, 3.05) is 13.1 Å². The molecule has 2 fully saturated rings. The zero-order valence-corrected chi connectivity index (χ0v) is 16.9. The normalized spacial score (nSPS) is 18.6. The molecule has 6 nitrogen and oxygen atoms in total. The number of carbonyl (C=O) groups excluding carboxylic acids is 1. The second-order valence-electron chi connectivity index (χ2n) is 7.76. The highest BCUT2D eigenvalue weighted by Crippen LogP contribution is 2.27. The summed E-state index contributed by atoms with van der Waals surface area (Å²) in [7, 11) is 0. The number of aromatic nitrogens is 2. The highest BCUT2D eigenvalue weighted by atomic mass is 32.1. The molecule has 0 bridgehead atoms. The lowest BCUT2D eigenvalue weighted by Gasteiger charge is -2.18. The minimum Gasteiger partial charge on any atom is -0.461 e. The molecule has 2 aromatic heterocycles. The number of esters is 1. The van der Waals surface area contributed by atoms with E-state index in [1.807, 2.05) is 13.8 Å². The molecule has 146 valence electrons. The quantitative estimate of drug-likeness (QED) is 0.735. The van der Waals surface area contributed by atoms with E-state index in [4.69, 9.17) is 9.72 Å². The van der Waals surface area contributed by atoms with Crippen LogP contribution in [0.1, 0.15) is 54.8 Å². The Kier molecular flexibility index (Phi) is 5.32. The Labute approximate surface area is 163 Å². The zero-order valence-electron chi connectivity index (χ0n) is 16.1. The SMILES string of the molecule is Cc1sc2nc(CN3CCCC3)n(CC(=O)OC3CCCC3)c(=O)c2c1C. The molecule has 1 saturated carbocycles. The molecular weight excluding hydrogens is 362 g/mol. The summed E-state index contributed by atoms with van der Waals surface area (Å²) in [5.41, 5.74) is 0.859. The minimum absolute atomic E-state index is 0.0112. The molecule has 0 N–H and O–H groups in total. The van der Waals surface area contributed by atoms with Crippen LogP contribution in [0.25, 0.3) is 10.2 Å². The Balaban J connectivity index is 1.68. The Bertz CT molecular complexity index is 905. The van der Waals surface area contributed by atoms with Gasteiger partial charge in [-0.1, -0.05) is 0 Å². The second-order valence-corrected chi connectivity index (χ2v) is 8.97. The Morgan fingerprint density at radius 1 is 1.19 bits per heavy atom. The zero-order chi connectivity index (χ0) is 19.0. The van der Waals surface area contributed by atoms with E-state index in [-0.39, 0.29) is 24.2 Å². The van der Waals surface area contributed by atoms with Crippen LogP contribution in [0.15, 0.2) is 4.79 Å². The van der Waals surface area contributed by atoms with Gasteiger partial charge in [0, 0.05) is 4.88 Å². The monoisotopic (exact) mass is 389 g/mol. The first-order chi connectivity index (χ1) is 13.0. The van der Waals surface area contributed by atoms with Crippen LogP contribution in [0.4, 0.5) is 0 Å². The van der Waals surface area contributed by atoms with Crippen LogP contribution in [0.2, 0.25) is 0 Å². The average molecular weight is 390 g/mol. The summed E-state index contributed by atoms with van der Waals surface area (Å²) < 4.78 is 7.16. The van der Waals surface area contributed by atoms with Crippen molar-refractivity contribution in [2.24, 2.45) is 0 Å². The van der Waals surface area contributed by atoms with Crippen molar-refractivity contribution in [2.45, 2.75) is 71.6 Å². The molecule has 2 aliphatic rings. The number of ether oxygens (including phenoxy) is 1. The molecule has 1 aliphatic carbocycles. The van der Waals surface area contributed by atoms with Gasteiger partial charge in [0.1, 0.15) is 23.3 Å². The second kappa shape index (κ2) is 7.72. The molecule has 0 aromatic carbocycles. The summed E-state index contributed by atoms with van der Waals surface area (Å²) >= 11 is 1.56. The average Bonchev–Trinajstić information content (AvgIpc) is 3.36. The summed E-state index contributed by atoms with van der Waals surface area (Å²) in [6.45, 7) is 6.57. The number of rotatable bonds is 5. The number of carbonyl (C=O) groups is 1. The van der Waals surface area contributed by atoms with E-state index in [1.165, 1.54) is 12.8 Å². The first-order valence-corrected chi connectivity index (χ1v) is 10.8. The maximum atomic E-state index is 13.2. The van der Waals surface area contributed by atoms with Gasteiger partial charge in [0.2, 0.25) is 0 Å². The third-order valence-electron chi connectivity index (χ3n) is 5.82. The van der Waals surface area contributed by atoms with Gasteiger partial charge < -0.3 is 4.74 Å². The largest absolute Gasteiger partial charge is 0.461 e. The van der Waals surface area contributed by atoms with E-state index >= 15 is 0 Å². The van der Waals surface area contributed by atoms with E-state index in [9.17, 15) is 9.59 Å². The Morgan fingerprint density at radius 3 is 2.59 bits per heavy atom. The van der Waals surface area contributed by atoms with Crippen LogP contribution in [-0.4, -0.2) is 39.6 Å². The molecule has 0 spiro atoms. The van der Waals surface area contributed by atoms with Crippen molar-refractivity contribution < 1.29 is 9.53 Å². The standard InChI is InChI=1S/C20H27N3O3S/c1-13-14(2)27-19-18(13)20(25)23(12-17(24)26-15-7-3-4-8-15)16(21-19)11-22-9-5-6-10-22/h15H,3-12H2,1-2H3. The number of nitrogens with zero attached hydrogens (tertiary/aromatic N) is 3. The van der Waals surface area contributed by atoms with Crippen LogP contribution in [-0.2, 0) is 22.6 Å². The van der Waals surface area contributed by atoms with Gasteiger partial charge in [-0.25, -0.2) is 4.98 Å². The summed E-state index contributed by atoms with van der Waals surface area (Å²) in [6.07, 6.45) is 6.44. The molecule has 0 radical (unpaired) electrons. The summed E-state index contributed by atoms with van der Waals surface area (Å²) in [5, 5.41) is 0.649. The van der Waals surface area contributed by atoms with Crippen molar-refractivity contribution in [1.82, 2.24) is 14.5 Å². The van der Waals surface area contributed by atoms with Gasteiger partial charge in [0.15, 0.2) is 0 Å². The lowest BCUT2D eigenvalue weighted by atomic mass is 10.2. The molecule has 0 unspecified atom stereocenters. The maximum absolute atomic E-state index is 13.2. The minimum atomic E-state index is -0.322. The fourth-order valence-electron chi connectivity index (χ4n) is 4.15. The molecule has 3 heterocycles. The van der Waals surface area contributed by atoms with Crippen LogP contribution >= 0.6 is 11.3 Å². The van der Waals surface area contributed by atoms with Crippen LogP contribution < -0.4 is 5.56 Å². The summed E-state index contributed by atoms with van der Waals surface area (Å²) in [4.78, 5) is 34.7. The third kappa shape index (κ3) is 3.80. The molecule has 1 aliphatic heterocycles. The van der Waals surface area contributed by atoms with Gasteiger partial charge in [0.25, 0.3) is 5.56 Å². The Hall–Kier alpha value is -1.73. The van der Waals surface area contributed by atoms with E-state index in [1.54, 1.807) is 15.9 Å². The van der Waals surface area contributed by atoms with Gasteiger partial charge in [0.05, 0.1) is 11.9 Å². The highest BCUT2D eigenvalue weighted by Gasteiger charge is 2.24. The molecule has 1 saturated heterocycles. The fourth-order valence-corrected chi connectivity index (χ4v) is 5.19. The van der Waals surface area contributed by atoms with Crippen molar-refractivity contribution >= 4 is 27.5 Å². The number of aryl methyl sites for hydroxylation is 2. The van der Waals surface area contributed by atoms with Crippen LogP contribution in [0.3, 0.4) is 0 Å². The van der Waals surface area contributed by atoms with Crippen LogP contribution in [0, 0.1) is 13.8 Å². The number of fused-ring (bicyclic) bond motifs is 1. The summed E-state index contributed by atoms with van der Waals surface area (Å²) in [5.74, 6) is 0.358. The molecule has 2 aromatic rings. The first-order valence-electron chi connectivity index (χ1n) is 9.94. The topological polar surface area (TPSA) is 64.4 Å². The predicted octanol–water partition coefficient (Wildman–Crippen LogP) is 3.16. The van der Waals surface area contributed by atoms with Gasteiger partial charge in [-0.3, -0.25) is 19.1 Å². The van der Waals surface area contributed by atoms with E-state index < -0.39 is 0 Å². The van der Waals surface area contributed by atoms with Gasteiger partial charge in [-0.15, -0.1) is 11.3 Å². The van der Waals surface area contributed by atoms with E-state index in [0.29, 0.717) is 17.8 Å². The van der Waals surface area contributed by atoms with E-state index in [0.717, 1.165) is 54.0 Å². The van der Waals surface area contributed by atoms with Crippen molar-refractivity contribution in [3.8, 4) is 0 Å². The number of likely N-dealkylation sites (tertiary alicyclic amines) is 1. The third-order valence-corrected chi connectivity index (χ3v) is 6.92. The number of thiophene rings is 1. The number of hydrogen-bond acceptors (Lipinski definition) is 6. The lowest BCUT2D eigenvalue weighted by Crippen LogP contribution is -2.33. The van der Waals surface area contributed by atoms with Gasteiger partial charge in [-0.05, 0) is 71.0 Å². The highest BCUT2D eigenvalue weighted by molar-refractivity contribution is 7.18. The van der Waals surface area contributed by atoms with E-state index in [2.05, 4.69) is 4.90 Å². The van der Waals surface area contributed by atoms with Crippen molar-refractivity contribution in [3.05, 3.63) is 26.6 Å². The molecular formula is C20H27N3O3S. The van der Waals surface area contributed by atoms with Crippen molar-refractivity contribution in [3.63, 3.8) is 0 Å². The van der Waals surface area contributed by atoms with Crippen LogP contribution in [0.5, 0.6) is 0 Å². The van der Waals surface area contributed by atoms with Crippen molar-refractivity contribution in [1.29, 1.82) is 0 Å². The molecule has 7 heteroatoms. The molecule has 0 atom stereocenters. The number of hydrogen-bond donors (Lipinski definition) is 0. The molecule has 27 heavy (non-hydrogen) atoms. The molecule has 0 amide bonds. The molecule has 4 rings (SSSR count). The fraction of sp³-hybridized carbons (Fsp3) is 0.650. The Morgan fingerprint density at radius 2 is 1.89 bits per heavy atom. The maximum Gasteiger partial charge on any atom is 0.326 e. The van der Waals surface area contributed by atoms with Gasteiger partial charge >= 0.3 is 5.97 Å². The first kappa shape index (κ1) is 18.6. The smallest absolute Gasteiger partial charge is 0.326 e. The lowest BCUT2D eigenvalue weighted by molar-refractivity contribution is -0.149. The van der Waals surface area contributed by atoms with Gasteiger partial charge in [-0.2, -0.15) is 0 Å². The predicted molar refractivity (Wildman–Crippen MR) is 106 cm³/mol.